The fourth-order valence-electron chi connectivity index (χ4n) is 3.29. The molecule has 2 heterocycles. The first kappa shape index (κ1) is 14.0. The van der Waals surface area contributed by atoms with Crippen LogP contribution in [-0.4, -0.2) is 5.11 Å². The van der Waals surface area contributed by atoms with E-state index in [9.17, 15) is 5.11 Å². The molecule has 2 aromatic carbocycles. The Balaban J connectivity index is 1.80. The fraction of sp³-hybridized carbons (Fsp3) is 0.150. The van der Waals surface area contributed by atoms with E-state index in [0.717, 1.165) is 11.4 Å². The van der Waals surface area contributed by atoms with E-state index in [1.54, 1.807) is 0 Å². The highest BCUT2D eigenvalue weighted by molar-refractivity contribution is 5.44. The second kappa shape index (κ2) is 5.52. The van der Waals surface area contributed by atoms with Gasteiger partial charge in [-0.05, 0) is 11.6 Å². The summed E-state index contributed by atoms with van der Waals surface area (Å²) in [5.74, 6) is 1.03. The van der Waals surface area contributed by atoms with E-state index in [1.165, 1.54) is 5.56 Å². The Morgan fingerprint density at radius 2 is 1.52 bits per heavy atom. The van der Waals surface area contributed by atoms with E-state index in [0.29, 0.717) is 13.1 Å². The topological polar surface area (TPSA) is 27.4 Å². The van der Waals surface area contributed by atoms with Crippen LogP contribution in [0.15, 0.2) is 85.1 Å². The van der Waals surface area contributed by atoms with Crippen LogP contribution in [0.2, 0.25) is 0 Å². The van der Waals surface area contributed by atoms with E-state index in [2.05, 4.69) is 27.7 Å². The Morgan fingerprint density at radius 3 is 2.26 bits per heavy atom. The van der Waals surface area contributed by atoms with Crippen LogP contribution in [-0.2, 0) is 18.8 Å². The summed E-state index contributed by atoms with van der Waals surface area (Å²) >= 11 is 0. The molecule has 1 aliphatic heterocycles. The van der Waals surface area contributed by atoms with Crippen molar-refractivity contribution in [1.82, 2.24) is 0 Å². The maximum absolute atomic E-state index is 11.5. The minimum absolute atomic E-state index is 0.528. The van der Waals surface area contributed by atoms with Crippen molar-refractivity contribution in [3.8, 4) is 0 Å². The lowest BCUT2D eigenvalue weighted by atomic mass is 10.0. The summed E-state index contributed by atoms with van der Waals surface area (Å²) < 4.78 is 2.11. The molecule has 0 saturated carbocycles. The number of aliphatic hydroxyl groups is 1. The summed E-state index contributed by atoms with van der Waals surface area (Å²) in [6.07, 6.45) is 2.02. The number of nitrogens with zero attached hydrogens (tertiary/aromatic N) is 2. The molecule has 0 aliphatic carbocycles. The van der Waals surface area contributed by atoms with Gasteiger partial charge in [-0.25, -0.2) is 9.47 Å². The molecule has 1 atom stereocenters. The second-order valence-electron chi connectivity index (χ2n) is 5.94. The Kier molecular flexibility index (Phi) is 3.36. The normalized spacial score (nSPS) is 19.6. The average molecular weight is 303 g/mol. The van der Waals surface area contributed by atoms with Gasteiger partial charge in [0.15, 0.2) is 6.54 Å². The minimum Gasteiger partial charge on any atom is -0.346 e. The second-order valence-corrected chi connectivity index (χ2v) is 5.94. The van der Waals surface area contributed by atoms with Gasteiger partial charge in [-0.15, -0.1) is 0 Å². The highest BCUT2D eigenvalue weighted by Gasteiger charge is 2.51. The van der Waals surface area contributed by atoms with Gasteiger partial charge < -0.3 is 5.11 Å². The molecule has 3 heteroatoms. The molecule has 1 N–H and O–H groups in total. The summed E-state index contributed by atoms with van der Waals surface area (Å²) in [7, 11) is 0. The molecule has 3 aromatic rings. The van der Waals surface area contributed by atoms with E-state index in [4.69, 9.17) is 0 Å². The van der Waals surface area contributed by atoms with E-state index in [1.807, 2.05) is 66.9 Å². The summed E-state index contributed by atoms with van der Waals surface area (Å²) in [4.78, 5) is 2.08. The Morgan fingerprint density at radius 1 is 0.870 bits per heavy atom. The van der Waals surface area contributed by atoms with Gasteiger partial charge in [0.2, 0.25) is 0 Å². The lowest BCUT2D eigenvalue weighted by Crippen LogP contribution is -2.45. The molecule has 0 saturated heterocycles. The Hall–Kier alpha value is -2.65. The standard InChI is InChI=1S/C20H19N2O/c23-20(18-11-5-2-6-12-18)16-21-14-8-7-13-19(21)22(20)15-17-9-3-1-4-10-17/h1-14,23H,15-16H2/q+1/t20-/m1/s1. The molecular formula is C20H19N2O+. The van der Waals surface area contributed by atoms with E-state index in [-0.39, 0.29) is 0 Å². The SMILES string of the molecule is O[C@@]1(c2ccccc2)C[n+]2ccccc2N1Cc1ccccc1. The number of hydrogen-bond acceptors (Lipinski definition) is 2. The van der Waals surface area contributed by atoms with Crippen molar-refractivity contribution >= 4 is 5.82 Å². The van der Waals surface area contributed by atoms with Crippen molar-refractivity contribution in [1.29, 1.82) is 0 Å². The van der Waals surface area contributed by atoms with Gasteiger partial charge in [0.25, 0.3) is 11.5 Å². The summed E-state index contributed by atoms with van der Waals surface area (Å²) in [6.45, 7) is 1.19. The summed E-state index contributed by atoms with van der Waals surface area (Å²) in [5, 5.41) is 11.5. The van der Waals surface area contributed by atoms with Crippen LogP contribution in [0, 0.1) is 0 Å². The molecule has 23 heavy (non-hydrogen) atoms. The highest BCUT2D eigenvalue weighted by atomic mass is 16.3. The summed E-state index contributed by atoms with van der Waals surface area (Å²) in [6, 6.07) is 26.2. The monoisotopic (exact) mass is 303 g/mol. The zero-order valence-corrected chi connectivity index (χ0v) is 12.8. The molecule has 4 rings (SSSR count). The van der Waals surface area contributed by atoms with Crippen molar-refractivity contribution in [3.05, 3.63) is 96.2 Å². The molecule has 1 aliphatic rings. The molecular weight excluding hydrogens is 284 g/mol. The van der Waals surface area contributed by atoms with Gasteiger partial charge in [-0.2, -0.15) is 0 Å². The van der Waals surface area contributed by atoms with Gasteiger partial charge in [-0.3, -0.25) is 0 Å². The third-order valence-electron chi connectivity index (χ3n) is 4.45. The first-order chi connectivity index (χ1) is 11.3. The zero-order chi connectivity index (χ0) is 15.7. The average Bonchev–Trinajstić information content (AvgIpc) is 2.90. The van der Waals surface area contributed by atoms with Gasteiger partial charge in [0.1, 0.15) is 6.54 Å². The predicted molar refractivity (Wildman–Crippen MR) is 89.6 cm³/mol. The minimum atomic E-state index is -1.04. The van der Waals surface area contributed by atoms with Crippen LogP contribution < -0.4 is 9.47 Å². The van der Waals surface area contributed by atoms with Crippen molar-refractivity contribution in [2.45, 2.75) is 18.8 Å². The maximum Gasteiger partial charge on any atom is 0.279 e. The molecule has 0 bridgehead atoms. The number of aromatic nitrogens is 1. The first-order valence-electron chi connectivity index (χ1n) is 7.85. The molecule has 0 radical (unpaired) electrons. The molecule has 114 valence electrons. The third kappa shape index (κ3) is 2.39. The largest absolute Gasteiger partial charge is 0.346 e. The van der Waals surface area contributed by atoms with Crippen LogP contribution in [0.3, 0.4) is 0 Å². The fourth-order valence-corrected chi connectivity index (χ4v) is 3.29. The molecule has 1 aromatic heterocycles. The number of anilines is 1. The molecule has 0 amide bonds. The number of benzene rings is 2. The molecule has 0 spiro atoms. The highest BCUT2D eigenvalue weighted by Crippen LogP contribution is 2.35. The Labute approximate surface area is 136 Å². The van der Waals surface area contributed by atoms with Crippen LogP contribution in [0.4, 0.5) is 5.82 Å². The summed E-state index contributed by atoms with van der Waals surface area (Å²) in [5.41, 5.74) is 1.06. The van der Waals surface area contributed by atoms with Gasteiger partial charge in [0, 0.05) is 11.6 Å². The quantitative estimate of drug-likeness (QED) is 0.753. The van der Waals surface area contributed by atoms with E-state index < -0.39 is 5.72 Å². The molecule has 0 fully saturated rings. The Bertz CT molecular complexity index is 804. The zero-order valence-electron chi connectivity index (χ0n) is 12.8. The van der Waals surface area contributed by atoms with Gasteiger partial charge in [-0.1, -0.05) is 66.7 Å². The number of rotatable bonds is 3. The smallest absolute Gasteiger partial charge is 0.279 e. The predicted octanol–water partition coefficient (Wildman–Crippen LogP) is 2.84. The van der Waals surface area contributed by atoms with Crippen LogP contribution in [0.25, 0.3) is 0 Å². The van der Waals surface area contributed by atoms with Gasteiger partial charge in [0.05, 0.1) is 6.20 Å². The van der Waals surface area contributed by atoms with Crippen LogP contribution in [0.1, 0.15) is 11.1 Å². The van der Waals surface area contributed by atoms with Crippen LogP contribution >= 0.6 is 0 Å². The van der Waals surface area contributed by atoms with Crippen molar-refractivity contribution in [2.75, 3.05) is 4.90 Å². The van der Waals surface area contributed by atoms with E-state index >= 15 is 0 Å². The maximum atomic E-state index is 11.5. The van der Waals surface area contributed by atoms with Crippen molar-refractivity contribution in [2.24, 2.45) is 0 Å². The van der Waals surface area contributed by atoms with Crippen molar-refractivity contribution < 1.29 is 9.67 Å². The number of hydrogen-bond donors (Lipinski definition) is 1. The number of pyridine rings is 1. The van der Waals surface area contributed by atoms with Crippen molar-refractivity contribution in [3.63, 3.8) is 0 Å². The van der Waals surface area contributed by atoms with Crippen LogP contribution in [0.5, 0.6) is 0 Å². The molecule has 3 nitrogen and oxygen atoms in total. The lowest BCUT2D eigenvalue weighted by Gasteiger charge is -2.27. The number of fused-ring (bicyclic) bond motifs is 1. The van der Waals surface area contributed by atoms with Gasteiger partial charge >= 0.3 is 0 Å². The molecule has 0 unspecified atom stereocenters. The third-order valence-corrected chi connectivity index (χ3v) is 4.45. The lowest BCUT2D eigenvalue weighted by molar-refractivity contribution is -0.683. The first-order valence-corrected chi connectivity index (χ1v) is 7.85.